The van der Waals surface area contributed by atoms with Gasteiger partial charge in [0.05, 0.1) is 19.1 Å². The van der Waals surface area contributed by atoms with Gasteiger partial charge in [0.1, 0.15) is 17.6 Å². The first-order valence-electron chi connectivity index (χ1n) is 12.2. The molecule has 0 aliphatic carbocycles. The van der Waals surface area contributed by atoms with Crippen LogP contribution in [0.15, 0.2) is 48.5 Å². The molecule has 2 aromatic carbocycles. The molecule has 1 atom stereocenters. The molecule has 0 spiro atoms. The van der Waals surface area contributed by atoms with E-state index in [1.165, 1.54) is 24.3 Å². The van der Waals surface area contributed by atoms with Crippen LogP contribution in [-0.2, 0) is 26.2 Å². The number of hydrogen-bond acceptors (Lipinski definition) is 5. The number of carbonyl (C=O) groups is 2. The highest BCUT2D eigenvalue weighted by Gasteiger charge is 2.30. The number of carbonyl (C=O) groups excluding carboxylic acids is 2. The van der Waals surface area contributed by atoms with E-state index in [4.69, 9.17) is 4.74 Å². The second-order valence-corrected chi connectivity index (χ2v) is 11.9. The van der Waals surface area contributed by atoms with Crippen molar-refractivity contribution >= 4 is 27.5 Å². The minimum Gasteiger partial charge on any atom is -0.497 e. The number of rotatable bonds is 12. The third-order valence-corrected chi connectivity index (χ3v) is 6.83. The van der Waals surface area contributed by atoms with Crippen LogP contribution in [-0.4, -0.2) is 56.6 Å². The van der Waals surface area contributed by atoms with E-state index in [2.05, 4.69) is 5.32 Å². The lowest BCUT2D eigenvalue weighted by Gasteiger charge is -2.33. The monoisotopic (exact) mass is 535 g/mol. The Bertz CT molecular complexity index is 1160. The summed E-state index contributed by atoms with van der Waals surface area (Å²) < 4.78 is 44.5. The molecule has 0 saturated carbocycles. The zero-order chi connectivity index (χ0) is 27.8. The van der Waals surface area contributed by atoms with E-state index in [1.54, 1.807) is 18.1 Å². The quantitative estimate of drug-likeness (QED) is 0.442. The second kappa shape index (κ2) is 12.9. The molecule has 0 unspecified atom stereocenters. The molecule has 0 aliphatic heterocycles. The Balaban J connectivity index is 2.25. The molecule has 0 aromatic heterocycles. The number of anilines is 1. The number of ether oxygens (including phenoxy) is 1. The van der Waals surface area contributed by atoms with Crippen molar-refractivity contribution in [1.82, 2.24) is 10.2 Å². The van der Waals surface area contributed by atoms with Crippen LogP contribution in [0.4, 0.5) is 10.1 Å². The van der Waals surface area contributed by atoms with Gasteiger partial charge >= 0.3 is 0 Å². The van der Waals surface area contributed by atoms with Crippen molar-refractivity contribution in [3.8, 4) is 5.75 Å². The second-order valence-electron chi connectivity index (χ2n) is 9.95. The van der Waals surface area contributed by atoms with Gasteiger partial charge in [0.15, 0.2) is 0 Å². The average Bonchev–Trinajstić information content (AvgIpc) is 2.80. The van der Waals surface area contributed by atoms with E-state index < -0.39 is 27.4 Å². The van der Waals surface area contributed by atoms with Gasteiger partial charge in [-0.25, -0.2) is 12.8 Å². The number of nitrogens with zero attached hydrogens (tertiary/aromatic N) is 2. The van der Waals surface area contributed by atoms with Gasteiger partial charge in [-0.15, -0.1) is 0 Å². The minimum absolute atomic E-state index is 0.0243. The van der Waals surface area contributed by atoms with Gasteiger partial charge in [0.25, 0.3) is 0 Å². The maximum Gasteiger partial charge on any atom is 0.243 e. The summed E-state index contributed by atoms with van der Waals surface area (Å²) in [6.07, 6.45) is 1.71. The maximum atomic E-state index is 13.5. The predicted molar refractivity (Wildman–Crippen MR) is 143 cm³/mol. The fourth-order valence-electron chi connectivity index (χ4n) is 3.95. The van der Waals surface area contributed by atoms with Gasteiger partial charge in [-0.1, -0.05) is 19.1 Å². The molecule has 2 amide bonds. The van der Waals surface area contributed by atoms with Crippen LogP contribution in [0.5, 0.6) is 5.75 Å². The van der Waals surface area contributed by atoms with Crippen LogP contribution < -0.4 is 14.4 Å². The number of benzene rings is 2. The van der Waals surface area contributed by atoms with Crippen molar-refractivity contribution in [3.63, 3.8) is 0 Å². The van der Waals surface area contributed by atoms with E-state index >= 15 is 0 Å². The fourth-order valence-corrected chi connectivity index (χ4v) is 4.92. The molecule has 1 N–H and O–H groups in total. The summed E-state index contributed by atoms with van der Waals surface area (Å²) in [4.78, 5) is 28.1. The third kappa shape index (κ3) is 9.35. The maximum absolute atomic E-state index is 13.5. The highest BCUT2D eigenvalue weighted by molar-refractivity contribution is 7.92. The smallest absolute Gasteiger partial charge is 0.243 e. The van der Waals surface area contributed by atoms with E-state index in [9.17, 15) is 22.4 Å². The molecule has 204 valence electrons. The van der Waals surface area contributed by atoms with Gasteiger partial charge < -0.3 is 15.0 Å². The fraction of sp³-hybridized carbons (Fsp3) is 0.481. The van der Waals surface area contributed by atoms with Crippen molar-refractivity contribution in [3.05, 3.63) is 59.9 Å². The SMILES string of the molecule is CC[C@@H](C(=O)NC(C)(C)C)N(Cc1cccc(OC)c1)C(=O)CCCN(c1ccc(F)cc1)S(C)(=O)=O. The molecule has 0 radical (unpaired) electrons. The van der Waals surface area contributed by atoms with Crippen molar-refractivity contribution in [2.75, 3.05) is 24.2 Å². The molecule has 37 heavy (non-hydrogen) atoms. The topological polar surface area (TPSA) is 96.0 Å². The lowest BCUT2D eigenvalue weighted by atomic mass is 10.0. The summed E-state index contributed by atoms with van der Waals surface area (Å²) >= 11 is 0. The highest BCUT2D eigenvalue weighted by Crippen LogP contribution is 2.21. The van der Waals surface area contributed by atoms with Crippen molar-refractivity contribution in [2.45, 2.75) is 65.1 Å². The van der Waals surface area contributed by atoms with E-state index in [0.29, 0.717) is 17.9 Å². The molecule has 10 heteroatoms. The van der Waals surface area contributed by atoms with Crippen LogP contribution in [0.25, 0.3) is 0 Å². The summed E-state index contributed by atoms with van der Waals surface area (Å²) in [6.45, 7) is 7.70. The average molecular weight is 536 g/mol. The Morgan fingerprint density at radius 1 is 1.11 bits per heavy atom. The van der Waals surface area contributed by atoms with Crippen LogP contribution in [0.2, 0.25) is 0 Å². The van der Waals surface area contributed by atoms with Crippen molar-refractivity contribution in [1.29, 1.82) is 0 Å². The number of methoxy groups -OCH3 is 1. The summed E-state index contributed by atoms with van der Waals surface area (Å²) in [6, 6.07) is 11.7. The van der Waals surface area contributed by atoms with Gasteiger partial charge in [0.2, 0.25) is 21.8 Å². The molecule has 2 aromatic rings. The Morgan fingerprint density at radius 3 is 2.30 bits per heavy atom. The summed E-state index contributed by atoms with van der Waals surface area (Å²) in [5.41, 5.74) is 0.653. The molecule has 0 aliphatic rings. The van der Waals surface area contributed by atoms with Crippen molar-refractivity contribution in [2.24, 2.45) is 0 Å². The zero-order valence-corrected chi connectivity index (χ0v) is 23.3. The first kappa shape index (κ1) is 30.1. The summed E-state index contributed by atoms with van der Waals surface area (Å²) in [5.74, 6) is -0.360. The Morgan fingerprint density at radius 2 is 1.76 bits per heavy atom. The molecule has 0 fully saturated rings. The molecular weight excluding hydrogens is 497 g/mol. The minimum atomic E-state index is -3.65. The molecule has 0 heterocycles. The summed E-state index contributed by atoms with van der Waals surface area (Å²) in [7, 11) is -2.09. The lowest BCUT2D eigenvalue weighted by Crippen LogP contribution is -2.53. The number of halogens is 1. The largest absolute Gasteiger partial charge is 0.497 e. The van der Waals surface area contributed by atoms with Gasteiger partial charge in [0, 0.05) is 25.0 Å². The number of amides is 2. The van der Waals surface area contributed by atoms with Crippen LogP contribution >= 0.6 is 0 Å². The van der Waals surface area contributed by atoms with Gasteiger partial charge in [-0.3, -0.25) is 13.9 Å². The van der Waals surface area contributed by atoms with Crippen molar-refractivity contribution < 1.29 is 27.1 Å². The van der Waals surface area contributed by atoms with E-state index in [1.807, 2.05) is 45.9 Å². The van der Waals surface area contributed by atoms with Gasteiger partial charge in [-0.2, -0.15) is 0 Å². The van der Waals surface area contributed by atoms with E-state index in [0.717, 1.165) is 16.1 Å². The third-order valence-electron chi connectivity index (χ3n) is 5.64. The Hall–Kier alpha value is -3.14. The number of hydrogen-bond donors (Lipinski definition) is 1. The summed E-state index contributed by atoms with van der Waals surface area (Å²) in [5, 5.41) is 2.96. The van der Waals surface area contributed by atoms with Crippen LogP contribution in [0.3, 0.4) is 0 Å². The van der Waals surface area contributed by atoms with Crippen LogP contribution in [0, 0.1) is 5.82 Å². The molecular formula is C27H38FN3O5S. The number of sulfonamides is 1. The predicted octanol–water partition coefficient (Wildman–Crippen LogP) is 4.10. The lowest BCUT2D eigenvalue weighted by molar-refractivity contribution is -0.142. The zero-order valence-electron chi connectivity index (χ0n) is 22.5. The molecule has 0 bridgehead atoms. The van der Waals surface area contributed by atoms with Gasteiger partial charge in [-0.05, 0) is 75.6 Å². The Kier molecular flexibility index (Phi) is 10.5. The molecule has 8 nitrogen and oxygen atoms in total. The van der Waals surface area contributed by atoms with Crippen LogP contribution in [0.1, 0.15) is 52.5 Å². The Labute approximate surface area is 219 Å². The first-order chi connectivity index (χ1) is 17.2. The molecule has 0 saturated heterocycles. The van der Waals surface area contributed by atoms with E-state index in [-0.39, 0.29) is 37.7 Å². The molecule has 2 rings (SSSR count). The standard InChI is InChI=1S/C27H38FN3O5S/c1-7-24(26(33)29-27(2,3)4)30(19-20-10-8-11-23(18-20)36-5)25(32)12-9-17-31(37(6,34)35)22-15-13-21(28)14-16-22/h8,10-11,13-16,18,24H,7,9,12,17,19H2,1-6H3,(H,29,33)/t24-/m0/s1. The highest BCUT2D eigenvalue weighted by atomic mass is 32.2. The first-order valence-corrected chi connectivity index (χ1v) is 14.1. The normalized spacial score (nSPS) is 12.5. The number of nitrogens with one attached hydrogen (secondary N) is 1.